The van der Waals surface area contributed by atoms with E-state index in [1.54, 1.807) is 36.4 Å². The number of benzene rings is 2. The maximum Gasteiger partial charge on any atom is 0.420 e. The fourth-order valence-corrected chi connectivity index (χ4v) is 2.99. The molecule has 0 N–H and O–H groups in total. The lowest BCUT2D eigenvalue weighted by atomic mass is 9.99. The number of carbonyl (C=O) groups excluding carboxylic acids is 2. The minimum Gasteiger partial charge on any atom is -0.492 e. The minimum absolute atomic E-state index is 0.163. The van der Waals surface area contributed by atoms with Crippen molar-refractivity contribution in [2.75, 3.05) is 20.8 Å². The van der Waals surface area contributed by atoms with Crippen molar-refractivity contribution < 1.29 is 28.2 Å². The van der Waals surface area contributed by atoms with Crippen LogP contribution in [-0.2, 0) is 32.0 Å². The lowest BCUT2D eigenvalue weighted by Gasteiger charge is -2.13. The molecule has 0 aliphatic rings. The average molecular weight is 399 g/mol. The summed E-state index contributed by atoms with van der Waals surface area (Å²) in [6, 6.07) is 14.2. The van der Waals surface area contributed by atoms with Gasteiger partial charge in [-0.05, 0) is 36.2 Å². The average Bonchev–Trinajstić information content (AvgIpc) is 3.07. The molecule has 1 aromatic heterocycles. The molecule has 152 valence electrons. The molecule has 2 aromatic carbocycles. The Kier molecular flexibility index (Phi) is 6.33. The predicted octanol–water partition coefficient (Wildman–Crippen LogP) is 2.18. The van der Waals surface area contributed by atoms with E-state index in [9.17, 15) is 14.4 Å². The van der Waals surface area contributed by atoms with Crippen LogP contribution >= 0.6 is 0 Å². The third-order valence-corrected chi connectivity index (χ3v) is 4.49. The predicted molar refractivity (Wildman–Crippen MR) is 104 cm³/mol. The topological polar surface area (TPSA) is 97.0 Å². The van der Waals surface area contributed by atoms with Gasteiger partial charge in [-0.25, -0.2) is 4.79 Å². The van der Waals surface area contributed by atoms with Gasteiger partial charge in [0.1, 0.15) is 12.4 Å². The molecule has 29 heavy (non-hydrogen) atoms. The smallest absolute Gasteiger partial charge is 0.420 e. The molecule has 0 saturated carbocycles. The molecule has 0 spiro atoms. The van der Waals surface area contributed by atoms with Gasteiger partial charge < -0.3 is 18.6 Å². The Morgan fingerprint density at radius 2 is 1.66 bits per heavy atom. The maximum absolute atomic E-state index is 12.0. The number of ether oxygens (including phenoxy) is 3. The quantitative estimate of drug-likeness (QED) is 0.423. The number of carbonyl (C=O) groups is 2. The molecule has 0 unspecified atom stereocenters. The summed E-state index contributed by atoms with van der Waals surface area (Å²) in [5.41, 5.74) is 2.01. The number of oxazole rings is 1. The lowest BCUT2D eigenvalue weighted by Crippen LogP contribution is -2.28. The fourth-order valence-electron chi connectivity index (χ4n) is 2.99. The summed E-state index contributed by atoms with van der Waals surface area (Å²) >= 11 is 0. The van der Waals surface area contributed by atoms with Crippen molar-refractivity contribution >= 4 is 23.0 Å². The third kappa shape index (κ3) is 4.66. The van der Waals surface area contributed by atoms with Gasteiger partial charge in [0.25, 0.3) is 0 Å². The van der Waals surface area contributed by atoms with Gasteiger partial charge in [-0.1, -0.05) is 24.3 Å². The van der Waals surface area contributed by atoms with Crippen molar-refractivity contribution in [2.45, 2.75) is 13.0 Å². The highest BCUT2D eigenvalue weighted by Gasteiger charge is 2.28. The molecular formula is C21H21NO7. The zero-order valence-electron chi connectivity index (χ0n) is 16.1. The maximum atomic E-state index is 12.0. The van der Waals surface area contributed by atoms with Crippen molar-refractivity contribution in [1.29, 1.82) is 0 Å². The molecule has 8 heteroatoms. The summed E-state index contributed by atoms with van der Waals surface area (Å²) in [4.78, 5) is 35.5. The standard InChI is InChI=1S/C21H21NO7/c1-26-19(23)16(20(24)27-2)13-14-7-9-15(10-8-14)28-12-11-22-17-5-3-4-6-18(17)29-21(22)25/h3-10,16H,11-13H2,1-2H3. The Hall–Kier alpha value is -3.55. The molecule has 0 aliphatic carbocycles. The van der Waals surface area contributed by atoms with Crippen LogP contribution < -0.4 is 10.5 Å². The van der Waals surface area contributed by atoms with Crippen LogP contribution in [0.25, 0.3) is 11.1 Å². The van der Waals surface area contributed by atoms with Crippen molar-refractivity contribution in [3.8, 4) is 5.75 Å². The second-order valence-corrected chi connectivity index (χ2v) is 6.28. The van der Waals surface area contributed by atoms with E-state index in [0.29, 0.717) is 23.4 Å². The molecule has 0 amide bonds. The van der Waals surface area contributed by atoms with Gasteiger partial charge in [0.05, 0.1) is 26.3 Å². The van der Waals surface area contributed by atoms with E-state index in [2.05, 4.69) is 9.47 Å². The van der Waals surface area contributed by atoms with Gasteiger partial charge in [0.2, 0.25) is 0 Å². The third-order valence-electron chi connectivity index (χ3n) is 4.49. The largest absolute Gasteiger partial charge is 0.492 e. The zero-order valence-corrected chi connectivity index (χ0v) is 16.1. The van der Waals surface area contributed by atoms with Gasteiger partial charge in [-0.3, -0.25) is 14.2 Å². The van der Waals surface area contributed by atoms with Gasteiger partial charge in [0, 0.05) is 0 Å². The number of para-hydroxylation sites is 2. The number of rotatable bonds is 8. The molecule has 0 saturated heterocycles. The summed E-state index contributed by atoms with van der Waals surface area (Å²) < 4.78 is 21.7. The Morgan fingerprint density at radius 3 is 2.31 bits per heavy atom. The lowest BCUT2D eigenvalue weighted by molar-refractivity contribution is -0.158. The van der Waals surface area contributed by atoms with E-state index in [1.807, 2.05) is 12.1 Å². The summed E-state index contributed by atoms with van der Waals surface area (Å²) in [5.74, 6) is -2.13. The van der Waals surface area contributed by atoms with E-state index in [0.717, 1.165) is 5.56 Å². The molecule has 0 aliphatic heterocycles. The first-order valence-electron chi connectivity index (χ1n) is 8.99. The van der Waals surface area contributed by atoms with E-state index in [1.165, 1.54) is 18.8 Å². The number of hydrogen-bond acceptors (Lipinski definition) is 7. The van der Waals surface area contributed by atoms with Crippen LogP contribution in [0.5, 0.6) is 5.75 Å². The van der Waals surface area contributed by atoms with Crippen molar-refractivity contribution in [3.63, 3.8) is 0 Å². The number of fused-ring (bicyclic) bond motifs is 1. The Balaban J connectivity index is 1.60. The fraction of sp³-hybridized carbons (Fsp3) is 0.286. The number of nitrogens with zero attached hydrogens (tertiary/aromatic N) is 1. The van der Waals surface area contributed by atoms with Crippen LogP contribution in [0.4, 0.5) is 0 Å². The Labute approximate surface area is 166 Å². The highest BCUT2D eigenvalue weighted by atomic mass is 16.5. The van der Waals surface area contributed by atoms with Crippen LogP contribution in [0, 0.1) is 5.92 Å². The van der Waals surface area contributed by atoms with Crippen molar-refractivity contribution in [1.82, 2.24) is 4.57 Å². The normalized spacial score (nSPS) is 10.9. The number of hydrogen-bond donors (Lipinski definition) is 0. The summed E-state index contributed by atoms with van der Waals surface area (Å²) in [5, 5.41) is 0. The van der Waals surface area contributed by atoms with Gasteiger partial charge in [0.15, 0.2) is 11.5 Å². The first-order chi connectivity index (χ1) is 14.0. The molecule has 0 radical (unpaired) electrons. The second-order valence-electron chi connectivity index (χ2n) is 6.28. The van der Waals surface area contributed by atoms with Crippen molar-refractivity contribution in [2.24, 2.45) is 5.92 Å². The SMILES string of the molecule is COC(=O)C(Cc1ccc(OCCn2c(=O)oc3ccccc32)cc1)C(=O)OC. The second kappa shape index (κ2) is 9.09. The van der Waals surface area contributed by atoms with Gasteiger partial charge in [-0.15, -0.1) is 0 Å². The first kappa shape index (κ1) is 20.2. The minimum atomic E-state index is -1.02. The highest BCUT2D eigenvalue weighted by Crippen LogP contribution is 2.17. The van der Waals surface area contributed by atoms with E-state index >= 15 is 0 Å². The van der Waals surface area contributed by atoms with Crippen LogP contribution in [0.15, 0.2) is 57.7 Å². The van der Waals surface area contributed by atoms with Crippen molar-refractivity contribution in [3.05, 3.63) is 64.6 Å². The summed E-state index contributed by atoms with van der Waals surface area (Å²) in [7, 11) is 2.45. The summed E-state index contributed by atoms with van der Waals surface area (Å²) in [6.07, 6.45) is 0.163. The molecule has 0 fully saturated rings. The first-order valence-corrected chi connectivity index (χ1v) is 8.99. The highest BCUT2D eigenvalue weighted by molar-refractivity contribution is 5.95. The monoisotopic (exact) mass is 399 g/mol. The van der Waals surface area contributed by atoms with Crippen LogP contribution in [-0.4, -0.2) is 37.3 Å². The molecule has 1 heterocycles. The molecule has 3 aromatic rings. The molecule has 0 bridgehead atoms. The Morgan fingerprint density at radius 1 is 1.00 bits per heavy atom. The molecule has 3 rings (SSSR count). The molecule has 8 nitrogen and oxygen atoms in total. The number of esters is 2. The van der Waals surface area contributed by atoms with Crippen LogP contribution in [0.2, 0.25) is 0 Å². The van der Waals surface area contributed by atoms with Gasteiger partial charge >= 0.3 is 17.7 Å². The van der Waals surface area contributed by atoms with Gasteiger partial charge in [-0.2, -0.15) is 0 Å². The number of aromatic nitrogens is 1. The molecular weight excluding hydrogens is 378 g/mol. The molecule has 0 atom stereocenters. The van der Waals surface area contributed by atoms with Crippen LogP contribution in [0.1, 0.15) is 5.56 Å². The number of methoxy groups -OCH3 is 2. The zero-order chi connectivity index (χ0) is 20.8. The Bertz CT molecular complexity index is 1030. The van der Waals surface area contributed by atoms with Crippen LogP contribution in [0.3, 0.4) is 0 Å². The summed E-state index contributed by atoms with van der Waals surface area (Å²) in [6.45, 7) is 0.611. The van der Waals surface area contributed by atoms with E-state index in [4.69, 9.17) is 9.15 Å². The van der Waals surface area contributed by atoms with E-state index < -0.39 is 23.6 Å². The van der Waals surface area contributed by atoms with E-state index in [-0.39, 0.29) is 13.0 Å².